The Morgan fingerprint density at radius 1 is 1.31 bits per heavy atom. The summed E-state index contributed by atoms with van der Waals surface area (Å²) in [4.78, 5) is 16.8. The minimum Gasteiger partial charge on any atom is -0.493 e. The van der Waals surface area contributed by atoms with E-state index in [2.05, 4.69) is 16.4 Å². The quantitative estimate of drug-likeness (QED) is 0.682. The summed E-state index contributed by atoms with van der Waals surface area (Å²) in [6.07, 6.45) is 8.58. The molecule has 2 aromatic rings. The number of carbonyl (C=O) groups is 1. The van der Waals surface area contributed by atoms with Gasteiger partial charge in [-0.25, -0.2) is 4.98 Å². The molecule has 4 nitrogen and oxygen atoms in total. The smallest absolute Gasteiger partial charge is 0.226 e. The second-order valence-electron chi connectivity index (χ2n) is 6.46. The lowest BCUT2D eigenvalue weighted by atomic mass is 9.97. The highest BCUT2D eigenvalue weighted by Crippen LogP contribution is 2.32. The van der Waals surface area contributed by atoms with Gasteiger partial charge in [0.1, 0.15) is 10.8 Å². The number of allylic oxidation sites excluding steroid dienone is 1. The van der Waals surface area contributed by atoms with Crippen molar-refractivity contribution in [3.8, 4) is 16.3 Å². The third kappa shape index (κ3) is 5.18. The molecule has 0 saturated heterocycles. The van der Waals surface area contributed by atoms with Crippen LogP contribution >= 0.6 is 11.3 Å². The van der Waals surface area contributed by atoms with Gasteiger partial charge in [0.2, 0.25) is 5.91 Å². The first-order valence-electron chi connectivity index (χ1n) is 9.37. The van der Waals surface area contributed by atoms with E-state index < -0.39 is 0 Å². The first-order valence-corrected chi connectivity index (χ1v) is 10.3. The Balaban J connectivity index is 1.53. The van der Waals surface area contributed by atoms with Crippen LogP contribution in [0.1, 0.15) is 44.7 Å². The largest absolute Gasteiger partial charge is 0.493 e. The highest BCUT2D eigenvalue weighted by atomic mass is 32.1. The Morgan fingerprint density at radius 3 is 3.00 bits per heavy atom. The maximum absolute atomic E-state index is 12.2. The van der Waals surface area contributed by atoms with E-state index >= 15 is 0 Å². The van der Waals surface area contributed by atoms with Crippen LogP contribution in [0.25, 0.3) is 10.6 Å². The molecule has 1 N–H and O–H groups in total. The van der Waals surface area contributed by atoms with E-state index in [0.29, 0.717) is 13.0 Å². The fourth-order valence-corrected chi connectivity index (χ4v) is 4.01. The number of nitrogens with one attached hydrogen (secondary N) is 1. The predicted octanol–water partition coefficient (Wildman–Crippen LogP) is 4.76. The standard InChI is InChI=1S/C21H26N2O2S/c1-2-25-19-11-7-6-10-18(19)21-23-17(15-26-21)14-20(24)22-13-12-16-8-4-3-5-9-16/h6-8,10-11,15H,2-5,9,12-14H2,1H3,(H,22,24). The maximum atomic E-state index is 12.2. The molecular weight excluding hydrogens is 344 g/mol. The van der Waals surface area contributed by atoms with E-state index in [1.807, 2.05) is 36.6 Å². The average molecular weight is 371 g/mol. The van der Waals surface area contributed by atoms with Crippen LogP contribution in [0, 0.1) is 0 Å². The van der Waals surface area contributed by atoms with E-state index in [1.165, 1.54) is 31.3 Å². The highest BCUT2D eigenvalue weighted by molar-refractivity contribution is 7.13. The van der Waals surface area contributed by atoms with Crippen LogP contribution in [0.3, 0.4) is 0 Å². The van der Waals surface area contributed by atoms with E-state index in [1.54, 1.807) is 11.3 Å². The van der Waals surface area contributed by atoms with Crippen molar-refractivity contribution in [3.05, 3.63) is 47.0 Å². The van der Waals surface area contributed by atoms with Crippen molar-refractivity contribution >= 4 is 17.2 Å². The van der Waals surface area contributed by atoms with Crippen LogP contribution in [0.5, 0.6) is 5.75 Å². The van der Waals surface area contributed by atoms with Crippen molar-refractivity contribution in [1.82, 2.24) is 10.3 Å². The Morgan fingerprint density at radius 2 is 2.19 bits per heavy atom. The SMILES string of the molecule is CCOc1ccccc1-c1nc(CC(=O)NCCC2=CCCCC2)cs1. The third-order valence-electron chi connectivity index (χ3n) is 4.46. The number of para-hydroxylation sites is 1. The van der Waals surface area contributed by atoms with E-state index in [9.17, 15) is 4.79 Å². The van der Waals surface area contributed by atoms with Crippen LogP contribution in [-0.2, 0) is 11.2 Å². The van der Waals surface area contributed by atoms with Gasteiger partial charge in [0.15, 0.2) is 0 Å². The molecule has 138 valence electrons. The van der Waals surface area contributed by atoms with Crippen LogP contribution < -0.4 is 10.1 Å². The van der Waals surface area contributed by atoms with Crippen molar-refractivity contribution in [3.63, 3.8) is 0 Å². The van der Waals surface area contributed by atoms with E-state index in [0.717, 1.165) is 35.0 Å². The zero-order valence-corrected chi connectivity index (χ0v) is 16.1. The molecule has 0 unspecified atom stereocenters. The fraction of sp³-hybridized carbons (Fsp3) is 0.429. The summed E-state index contributed by atoms with van der Waals surface area (Å²) in [7, 11) is 0. The minimum absolute atomic E-state index is 0.0383. The van der Waals surface area contributed by atoms with Gasteiger partial charge in [0.25, 0.3) is 0 Å². The molecule has 1 amide bonds. The molecule has 1 aliphatic rings. The van der Waals surface area contributed by atoms with Gasteiger partial charge in [-0.3, -0.25) is 4.79 Å². The summed E-state index contributed by atoms with van der Waals surface area (Å²) >= 11 is 1.55. The molecule has 5 heteroatoms. The van der Waals surface area contributed by atoms with Crippen molar-refractivity contribution in [1.29, 1.82) is 0 Å². The normalized spacial score (nSPS) is 14.0. The molecule has 1 aromatic heterocycles. The average Bonchev–Trinajstić information content (AvgIpc) is 3.11. The number of benzene rings is 1. The Labute approximate surface area is 159 Å². The van der Waals surface area contributed by atoms with Gasteiger partial charge >= 0.3 is 0 Å². The maximum Gasteiger partial charge on any atom is 0.226 e. The summed E-state index contributed by atoms with van der Waals surface area (Å²) < 4.78 is 5.67. The summed E-state index contributed by atoms with van der Waals surface area (Å²) in [5, 5.41) is 5.87. The highest BCUT2D eigenvalue weighted by Gasteiger charge is 2.12. The van der Waals surface area contributed by atoms with Crippen molar-refractivity contribution in [2.75, 3.05) is 13.2 Å². The molecule has 3 rings (SSSR count). The van der Waals surface area contributed by atoms with Crippen LogP contribution in [0.15, 0.2) is 41.3 Å². The Hall–Kier alpha value is -2.14. The number of amides is 1. The number of aromatic nitrogens is 1. The molecule has 0 atom stereocenters. The number of thiazole rings is 1. The number of rotatable bonds is 8. The summed E-state index contributed by atoms with van der Waals surface area (Å²) in [6, 6.07) is 7.89. The molecular formula is C21H26N2O2S. The third-order valence-corrected chi connectivity index (χ3v) is 5.39. The van der Waals surface area contributed by atoms with Crippen LogP contribution in [-0.4, -0.2) is 24.0 Å². The molecule has 0 fully saturated rings. The lowest BCUT2D eigenvalue weighted by molar-refractivity contribution is -0.120. The van der Waals surface area contributed by atoms with Gasteiger partial charge in [-0.05, 0) is 51.2 Å². The topological polar surface area (TPSA) is 51.2 Å². The molecule has 26 heavy (non-hydrogen) atoms. The predicted molar refractivity (Wildman–Crippen MR) is 107 cm³/mol. The van der Waals surface area contributed by atoms with Gasteiger partial charge in [-0.15, -0.1) is 11.3 Å². The zero-order valence-electron chi connectivity index (χ0n) is 15.3. The van der Waals surface area contributed by atoms with E-state index in [-0.39, 0.29) is 5.91 Å². The van der Waals surface area contributed by atoms with E-state index in [4.69, 9.17) is 4.74 Å². The number of ether oxygens (including phenoxy) is 1. The Bertz CT molecular complexity index is 767. The molecule has 0 radical (unpaired) electrons. The Kier molecular flexibility index (Phi) is 6.83. The van der Waals surface area contributed by atoms with Gasteiger partial charge < -0.3 is 10.1 Å². The molecule has 0 saturated carbocycles. The molecule has 1 aliphatic carbocycles. The molecule has 0 spiro atoms. The minimum atomic E-state index is 0.0383. The van der Waals surface area contributed by atoms with Crippen molar-refractivity contribution in [2.45, 2.75) is 45.4 Å². The van der Waals surface area contributed by atoms with Gasteiger partial charge in [0.05, 0.1) is 24.3 Å². The monoisotopic (exact) mass is 370 g/mol. The number of hydrogen-bond acceptors (Lipinski definition) is 4. The van der Waals surface area contributed by atoms with Crippen molar-refractivity contribution in [2.24, 2.45) is 0 Å². The lowest BCUT2D eigenvalue weighted by Crippen LogP contribution is -2.26. The van der Waals surface area contributed by atoms with Crippen molar-refractivity contribution < 1.29 is 9.53 Å². The van der Waals surface area contributed by atoms with Crippen LogP contribution in [0.2, 0.25) is 0 Å². The first kappa shape index (κ1) is 18.6. The van der Waals surface area contributed by atoms with Crippen LogP contribution in [0.4, 0.5) is 0 Å². The molecule has 1 aromatic carbocycles. The molecule has 0 aliphatic heterocycles. The summed E-state index contributed by atoms with van der Waals surface area (Å²) in [5.41, 5.74) is 3.28. The number of nitrogens with zero attached hydrogens (tertiary/aromatic N) is 1. The van der Waals surface area contributed by atoms with Gasteiger partial charge in [0, 0.05) is 11.9 Å². The number of hydrogen-bond donors (Lipinski definition) is 1. The summed E-state index contributed by atoms with van der Waals surface area (Å²) in [5.74, 6) is 0.873. The fourth-order valence-electron chi connectivity index (χ4n) is 3.16. The summed E-state index contributed by atoms with van der Waals surface area (Å²) in [6.45, 7) is 3.31. The molecule has 1 heterocycles. The first-order chi connectivity index (χ1) is 12.8. The number of carbonyl (C=O) groups excluding carboxylic acids is 1. The zero-order chi connectivity index (χ0) is 18.2. The second kappa shape index (κ2) is 9.53. The van der Waals surface area contributed by atoms with Gasteiger partial charge in [-0.2, -0.15) is 0 Å². The second-order valence-corrected chi connectivity index (χ2v) is 7.32. The molecule has 0 bridgehead atoms. The van der Waals surface area contributed by atoms with Gasteiger partial charge in [-0.1, -0.05) is 23.8 Å². The lowest BCUT2D eigenvalue weighted by Gasteiger charge is -2.12.